The third-order valence-corrected chi connectivity index (χ3v) is 9.73. The summed E-state index contributed by atoms with van der Waals surface area (Å²) in [4.78, 5) is 33.6. The van der Waals surface area contributed by atoms with E-state index >= 15 is 0 Å². The fraction of sp³-hybridized carbons (Fsp3) is 0.438. The van der Waals surface area contributed by atoms with Crippen LogP contribution in [0.15, 0.2) is 53.9 Å². The lowest BCUT2D eigenvalue weighted by Crippen LogP contribution is -2.56. The number of nitrogens with zero attached hydrogens (tertiary/aromatic N) is 6. The Labute approximate surface area is 246 Å². The number of thioether (sulfide) groups is 1. The SMILES string of the molecule is [C-]#[N+]C[C@H]1CN(c2nc(OC[C@@H]3CCCN3C)nc3cc(-c4cccc5c4CCCS5)ccc23)CCN1C(=O)C=C. The monoisotopic (exact) mass is 568 g/mol. The van der Waals surface area contributed by atoms with Crippen LogP contribution in [-0.4, -0.2) is 89.9 Å². The normalized spacial score (nSPS) is 21.0. The van der Waals surface area contributed by atoms with Crippen LogP contribution in [0, 0.1) is 6.57 Å². The van der Waals surface area contributed by atoms with Crippen molar-refractivity contribution in [2.24, 2.45) is 0 Å². The van der Waals surface area contributed by atoms with E-state index in [4.69, 9.17) is 21.3 Å². The highest BCUT2D eigenvalue weighted by atomic mass is 32.2. The van der Waals surface area contributed by atoms with Crippen molar-refractivity contribution in [1.29, 1.82) is 0 Å². The molecule has 3 aromatic rings. The smallest absolute Gasteiger partial charge is 0.319 e. The van der Waals surface area contributed by atoms with Crippen molar-refractivity contribution in [2.75, 3.05) is 57.0 Å². The first-order chi connectivity index (χ1) is 20.1. The molecule has 2 fully saturated rings. The minimum Gasteiger partial charge on any atom is -0.462 e. The van der Waals surface area contributed by atoms with E-state index in [0.717, 1.165) is 41.7 Å². The maximum atomic E-state index is 12.5. The Hall–Kier alpha value is -3.61. The highest BCUT2D eigenvalue weighted by Gasteiger charge is 2.33. The van der Waals surface area contributed by atoms with E-state index in [0.29, 0.717) is 38.3 Å². The Kier molecular flexibility index (Phi) is 8.13. The van der Waals surface area contributed by atoms with Gasteiger partial charge in [0.1, 0.15) is 18.5 Å². The van der Waals surface area contributed by atoms with Gasteiger partial charge < -0.3 is 24.3 Å². The third kappa shape index (κ3) is 5.64. The molecular weight excluding hydrogens is 532 g/mol. The Morgan fingerprint density at radius 3 is 2.90 bits per heavy atom. The number of rotatable bonds is 7. The minimum atomic E-state index is -0.235. The Morgan fingerprint density at radius 1 is 1.20 bits per heavy atom. The molecule has 212 valence electrons. The number of aromatic nitrogens is 2. The first kappa shape index (κ1) is 27.6. The van der Waals surface area contributed by atoms with Crippen molar-refractivity contribution < 1.29 is 9.53 Å². The zero-order valence-electron chi connectivity index (χ0n) is 23.6. The Bertz CT molecular complexity index is 1500. The predicted octanol–water partition coefficient (Wildman–Crippen LogP) is 4.93. The number of ether oxygens (including phenoxy) is 1. The average molecular weight is 569 g/mol. The molecule has 8 nitrogen and oxygen atoms in total. The number of carbonyl (C=O) groups excluding carboxylic acids is 1. The molecule has 2 saturated heterocycles. The molecule has 0 radical (unpaired) electrons. The first-order valence-corrected chi connectivity index (χ1v) is 15.5. The fourth-order valence-electron chi connectivity index (χ4n) is 6.30. The largest absolute Gasteiger partial charge is 0.462 e. The van der Waals surface area contributed by atoms with Gasteiger partial charge >= 0.3 is 6.01 Å². The molecule has 0 spiro atoms. The highest BCUT2D eigenvalue weighted by molar-refractivity contribution is 7.99. The summed E-state index contributed by atoms with van der Waals surface area (Å²) in [5, 5.41) is 0.948. The van der Waals surface area contributed by atoms with E-state index in [9.17, 15) is 4.79 Å². The maximum absolute atomic E-state index is 12.5. The summed E-state index contributed by atoms with van der Waals surface area (Å²) in [6.07, 6.45) is 5.89. The second kappa shape index (κ2) is 12.1. The standard InChI is InChI=1S/C32H36N6O2S/c1-4-30(39)38-16-15-37(20-24(38)19-33-2)31-27-13-12-22(25-9-5-11-29-26(25)10-7-17-41-29)18-28(27)34-32(35-31)40-21-23-8-6-14-36(23)3/h4-5,9,11-13,18,23-24H,1,6-8,10,14-17,19-21H2,3H3/t23-,24-/m0/s1. The van der Waals surface area contributed by atoms with Crippen molar-refractivity contribution in [3.05, 3.63) is 66.0 Å². The van der Waals surface area contributed by atoms with Crippen molar-refractivity contribution in [2.45, 2.75) is 42.7 Å². The van der Waals surface area contributed by atoms with Gasteiger partial charge in [0.2, 0.25) is 12.5 Å². The van der Waals surface area contributed by atoms with Crippen LogP contribution < -0.4 is 9.64 Å². The first-order valence-electron chi connectivity index (χ1n) is 14.5. The minimum absolute atomic E-state index is 0.135. The lowest BCUT2D eigenvalue weighted by molar-refractivity contribution is -0.128. The number of likely N-dealkylation sites (tertiary alicyclic amines) is 1. The Balaban J connectivity index is 1.38. The number of anilines is 1. The highest BCUT2D eigenvalue weighted by Crippen LogP contribution is 2.38. The summed E-state index contributed by atoms with van der Waals surface area (Å²) in [6.45, 7) is 14.6. The second-order valence-corrected chi connectivity index (χ2v) is 12.2. The van der Waals surface area contributed by atoms with E-state index in [2.05, 4.69) is 64.7 Å². The lowest BCUT2D eigenvalue weighted by Gasteiger charge is -2.39. The molecule has 6 rings (SSSR count). The van der Waals surface area contributed by atoms with Gasteiger partial charge in [-0.2, -0.15) is 9.97 Å². The van der Waals surface area contributed by atoms with Gasteiger partial charge in [-0.05, 0) is 86.0 Å². The second-order valence-electron chi connectivity index (χ2n) is 11.1. The topological polar surface area (TPSA) is 66.2 Å². The van der Waals surface area contributed by atoms with E-state index in [-0.39, 0.29) is 18.5 Å². The van der Waals surface area contributed by atoms with Gasteiger partial charge in [-0.3, -0.25) is 4.79 Å². The van der Waals surface area contributed by atoms with Crippen LogP contribution in [0.5, 0.6) is 6.01 Å². The van der Waals surface area contributed by atoms with Gasteiger partial charge in [0.15, 0.2) is 0 Å². The maximum Gasteiger partial charge on any atom is 0.319 e. The summed E-state index contributed by atoms with van der Waals surface area (Å²) >= 11 is 1.94. The van der Waals surface area contributed by atoms with E-state index in [1.54, 1.807) is 4.90 Å². The van der Waals surface area contributed by atoms with Crippen molar-refractivity contribution in [3.63, 3.8) is 0 Å². The lowest BCUT2D eigenvalue weighted by atomic mass is 9.95. The van der Waals surface area contributed by atoms with E-state index in [1.165, 1.54) is 40.7 Å². The van der Waals surface area contributed by atoms with Gasteiger partial charge in [-0.1, -0.05) is 24.8 Å². The molecule has 3 aliphatic rings. The molecule has 0 saturated carbocycles. The van der Waals surface area contributed by atoms with Crippen LogP contribution in [0.1, 0.15) is 24.8 Å². The fourth-order valence-corrected chi connectivity index (χ4v) is 7.37. The molecular formula is C32H36N6O2S. The summed E-state index contributed by atoms with van der Waals surface area (Å²) in [5.74, 6) is 1.83. The van der Waals surface area contributed by atoms with Crippen molar-refractivity contribution >= 4 is 34.4 Å². The van der Waals surface area contributed by atoms with Crippen LogP contribution in [0.25, 0.3) is 26.9 Å². The number of benzene rings is 2. The number of hydrogen-bond donors (Lipinski definition) is 0. The van der Waals surface area contributed by atoms with Crippen LogP contribution in [0.4, 0.5) is 5.82 Å². The molecule has 1 aromatic heterocycles. The van der Waals surface area contributed by atoms with Gasteiger partial charge in [0.25, 0.3) is 0 Å². The summed E-state index contributed by atoms with van der Waals surface area (Å²) in [7, 11) is 2.14. The number of amides is 1. The number of fused-ring (bicyclic) bond motifs is 2. The molecule has 0 bridgehead atoms. The van der Waals surface area contributed by atoms with Crippen LogP contribution >= 0.6 is 11.8 Å². The molecule has 3 aliphatic heterocycles. The zero-order valence-corrected chi connectivity index (χ0v) is 24.4. The van der Waals surface area contributed by atoms with E-state index in [1.807, 2.05) is 11.8 Å². The summed E-state index contributed by atoms with van der Waals surface area (Å²) in [6, 6.07) is 13.5. The number of piperazine rings is 1. The van der Waals surface area contributed by atoms with Crippen LogP contribution in [0.2, 0.25) is 0 Å². The molecule has 2 atom stereocenters. The van der Waals surface area contributed by atoms with Crippen LogP contribution in [0.3, 0.4) is 0 Å². The molecule has 1 amide bonds. The molecule has 4 heterocycles. The molecule has 0 N–H and O–H groups in total. The van der Waals surface area contributed by atoms with Gasteiger partial charge in [-0.15, -0.1) is 11.8 Å². The van der Waals surface area contributed by atoms with Gasteiger partial charge in [0, 0.05) is 36.0 Å². The molecule has 9 heteroatoms. The summed E-state index contributed by atoms with van der Waals surface area (Å²) < 4.78 is 6.27. The molecule has 0 aliphatic carbocycles. The van der Waals surface area contributed by atoms with Gasteiger partial charge in [0.05, 0.1) is 5.52 Å². The predicted molar refractivity (Wildman–Crippen MR) is 165 cm³/mol. The third-order valence-electron chi connectivity index (χ3n) is 8.55. The van der Waals surface area contributed by atoms with E-state index < -0.39 is 0 Å². The average Bonchev–Trinajstić information content (AvgIpc) is 3.43. The Morgan fingerprint density at radius 2 is 2.10 bits per heavy atom. The molecule has 0 unspecified atom stereocenters. The molecule has 2 aromatic carbocycles. The number of likely N-dealkylation sites (N-methyl/N-ethyl adjacent to an activating group) is 1. The quantitative estimate of drug-likeness (QED) is 0.296. The molecule has 41 heavy (non-hydrogen) atoms. The van der Waals surface area contributed by atoms with Crippen molar-refractivity contribution in [1.82, 2.24) is 19.8 Å². The number of hydrogen-bond acceptors (Lipinski definition) is 7. The summed E-state index contributed by atoms with van der Waals surface area (Å²) in [5.41, 5.74) is 4.67. The van der Waals surface area contributed by atoms with Crippen molar-refractivity contribution in [3.8, 4) is 17.1 Å². The number of carbonyl (C=O) groups is 1. The zero-order chi connectivity index (χ0) is 28.3. The van der Waals surface area contributed by atoms with Gasteiger partial charge in [-0.25, -0.2) is 6.57 Å². The van der Waals surface area contributed by atoms with Crippen LogP contribution in [-0.2, 0) is 11.2 Å².